The summed E-state index contributed by atoms with van der Waals surface area (Å²) in [6, 6.07) is 2.69. The number of halogens is 2. The van der Waals surface area contributed by atoms with E-state index >= 15 is 0 Å². The standard InChI is InChI=1S/C11H9F2NO/c1-2-3-14-7-11(15)8-4-9(12)6-10(13)5-8/h1,4-6,14H,3,7H2. The van der Waals surface area contributed by atoms with Crippen LogP contribution in [0.2, 0.25) is 0 Å². The lowest BCUT2D eigenvalue weighted by molar-refractivity contribution is 0.0991. The summed E-state index contributed by atoms with van der Waals surface area (Å²) in [6.07, 6.45) is 4.96. The summed E-state index contributed by atoms with van der Waals surface area (Å²) in [5, 5.41) is 2.64. The number of terminal acetylenes is 1. The van der Waals surface area contributed by atoms with Gasteiger partial charge in [0.15, 0.2) is 5.78 Å². The Kier molecular flexibility index (Phi) is 3.95. The molecular weight excluding hydrogens is 200 g/mol. The molecule has 0 amide bonds. The maximum atomic E-state index is 12.7. The Bertz CT molecular complexity index is 389. The fourth-order valence-electron chi connectivity index (χ4n) is 1.07. The highest BCUT2D eigenvalue weighted by Crippen LogP contribution is 2.08. The van der Waals surface area contributed by atoms with Crippen LogP contribution in [-0.2, 0) is 0 Å². The van der Waals surface area contributed by atoms with Crippen LogP contribution < -0.4 is 5.32 Å². The maximum absolute atomic E-state index is 12.7. The summed E-state index contributed by atoms with van der Waals surface area (Å²) in [5.74, 6) is 0.350. The Morgan fingerprint density at radius 2 is 1.93 bits per heavy atom. The van der Waals surface area contributed by atoms with Gasteiger partial charge in [-0.05, 0) is 12.1 Å². The van der Waals surface area contributed by atoms with E-state index in [1.807, 2.05) is 0 Å². The van der Waals surface area contributed by atoms with Crippen molar-refractivity contribution in [3.63, 3.8) is 0 Å². The minimum Gasteiger partial charge on any atom is -0.299 e. The van der Waals surface area contributed by atoms with Gasteiger partial charge in [-0.15, -0.1) is 6.42 Å². The summed E-state index contributed by atoms with van der Waals surface area (Å²) >= 11 is 0. The normalized spacial score (nSPS) is 9.67. The lowest BCUT2D eigenvalue weighted by Gasteiger charge is -2.01. The van der Waals surface area contributed by atoms with Crippen LogP contribution in [0.4, 0.5) is 8.78 Å². The van der Waals surface area contributed by atoms with Crippen molar-refractivity contribution in [2.45, 2.75) is 0 Å². The smallest absolute Gasteiger partial charge is 0.176 e. The second-order valence-electron chi connectivity index (χ2n) is 2.89. The maximum Gasteiger partial charge on any atom is 0.176 e. The monoisotopic (exact) mass is 209 g/mol. The van der Waals surface area contributed by atoms with Gasteiger partial charge in [-0.2, -0.15) is 0 Å². The fraction of sp³-hybridized carbons (Fsp3) is 0.182. The van der Waals surface area contributed by atoms with Gasteiger partial charge in [0.1, 0.15) is 11.6 Å². The van der Waals surface area contributed by atoms with Crippen LogP contribution in [0.25, 0.3) is 0 Å². The molecule has 0 bridgehead atoms. The Balaban J connectivity index is 2.70. The van der Waals surface area contributed by atoms with E-state index in [4.69, 9.17) is 6.42 Å². The summed E-state index contributed by atoms with van der Waals surface area (Å²) in [7, 11) is 0. The van der Waals surface area contributed by atoms with Crippen LogP contribution in [0.5, 0.6) is 0 Å². The number of benzene rings is 1. The van der Waals surface area contributed by atoms with Crippen LogP contribution in [0, 0.1) is 24.0 Å². The molecule has 1 rings (SSSR count). The van der Waals surface area contributed by atoms with E-state index in [0.717, 1.165) is 12.1 Å². The number of nitrogens with one attached hydrogen (secondary N) is 1. The van der Waals surface area contributed by atoms with Gasteiger partial charge >= 0.3 is 0 Å². The molecule has 0 fully saturated rings. The molecule has 1 aromatic carbocycles. The number of carbonyl (C=O) groups is 1. The first-order chi connectivity index (χ1) is 7.13. The molecular formula is C11H9F2NO. The van der Waals surface area contributed by atoms with Gasteiger partial charge in [-0.3, -0.25) is 10.1 Å². The van der Waals surface area contributed by atoms with Crippen molar-refractivity contribution in [2.75, 3.05) is 13.1 Å². The quantitative estimate of drug-likeness (QED) is 0.461. The number of ketones is 1. The third-order valence-corrected chi connectivity index (χ3v) is 1.70. The van der Waals surface area contributed by atoms with E-state index in [1.165, 1.54) is 0 Å². The molecule has 4 heteroatoms. The Labute approximate surface area is 86.3 Å². The number of rotatable bonds is 4. The zero-order valence-corrected chi connectivity index (χ0v) is 7.89. The summed E-state index contributed by atoms with van der Waals surface area (Å²) in [4.78, 5) is 11.4. The topological polar surface area (TPSA) is 29.1 Å². The van der Waals surface area contributed by atoms with Crippen molar-refractivity contribution in [2.24, 2.45) is 0 Å². The van der Waals surface area contributed by atoms with Gasteiger partial charge in [-0.1, -0.05) is 5.92 Å². The first-order valence-corrected chi connectivity index (χ1v) is 4.27. The molecule has 15 heavy (non-hydrogen) atoms. The Morgan fingerprint density at radius 3 is 2.47 bits per heavy atom. The molecule has 0 heterocycles. The van der Waals surface area contributed by atoms with Gasteiger partial charge in [-0.25, -0.2) is 8.78 Å². The predicted molar refractivity (Wildman–Crippen MR) is 52.4 cm³/mol. The van der Waals surface area contributed by atoms with Crippen LogP contribution >= 0.6 is 0 Å². The largest absolute Gasteiger partial charge is 0.299 e. The van der Waals surface area contributed by atoms with Crippen molar-refractivity contribution in [3.05, 3.63) is 35.4 Å². The first-order valence-electron chi connectivity index (χ1n) is 4.27. The highest BCUT2D eigenvalue weighted by atomic mass is 19.1. The average Bonchev–Trinajstić information content (AvgIpc) is 2.16. The third-order valence-electron chi connectivity index (χ3n) is 1.70. The zero-order chi connectivity index (χ0) is 11.3. The van der Waals surface area contributed by atoms with Crippen LogP contribution in [0.1, 0.15) is 10.4 Å². The molecule has 2 nitrogen and oxygen atoms in total. The molecule has 78 valence electrons. The molecule has 1 N–H and O–H groups in total. The third kappa shape index (κ3) is 3.49. The van der Waals surface area contributed by atoms with Gasteiger partial charge in [0.2, 0.25) is 0 Å². The molecule has 0 aliphatic heterocycles. The predicted octanol–water partition coefficient (Wildman–Crippen LogP) is 1.37. The molecule has 0 aromatic heterocycles. The summed E-state index contributed by atoms with van der Waals surface area (Å²) in [6.45, 7) is 0.205. The Hall–Kier alpha value is -1.73. The number of Topliss-reactive ketones (excluding diaryl/α,β-unsaturated/α-hetero) is 1. The molecule has 0 atom stereocenters. The second kappa shape index (κ2) is 5.23. The molecule has 1 aromatic rings. The summed E-state index contributed by atoms with van der Waals surface area (Å²) in [5.41, 5.74) is -0.00276. The highest BCUT2D eigenvalue weighted by Gasteiger charge is 2.08. The SMILES string of the molecule is C#CCNCC(=O)c1cc(F)cc(F)c1. The lowest BCUT2D eigenvalue weighted by atomic mass is 10.1. The average molecular weight is 209 g/mol. The number of hydrogen-bond acceptors (Lipinski definition) is 2. The lowest BCUT2D eigenvalue weighted by Crippen LogP contribution is -2.23. The van der Waals surface area contributed by atoms with Crippen molar-refractivity contribution in [3.8, 4) is 12.3 Å². The van der Waals surface area contributed by atoms with Gasteiger partial charge in [0.25, 0.3) is 0 Å². The molecule has 0 saturated heterocycles. The van der Waals surface area contributed by atoms with E-state index in [9.17, 15) is 13.6 Å². The zero-order valence-electron chi connectivity index (χ0n) is 7.89. The van der Waals surface area contributed by atoms with Crippen molar-refractivity contribution < 1.29 is 13.6 Å². The molecule has 0 radical (unpaired) electrons. The first kappa shape index (κ1) is 11.3. The van der Waals surface area contributed by atoms with E-state index < -0.39 is 17.4 Å². The van der Waals surface area contributed by atoms with E-state index in [1.54, 1.807) is 0 Å². The molecule has 0 unspecified atom stereocenters. The van der Waals surface area contributed by atoms with E-state index in [2.05, 4.69) is 11.2 Å². The minimum atomic E-state index is -0.768. The number of hydrogen-bond donors (Lipinski definition) is 1. The van der Waals surface area contributed by atoms with Crippen LogP contribution in [0.15, 0.2) is 18.2 Å². The summed E-state index contributed by atoms with van der Waals surface area (Å²) < 4.78 is 25.5. The van der Waals surface area contributed by atoms with Crippen molar-refractivity contribution in [1.29, 1.82) is 0 Å². The Morgan fingerprint density at radius 1 is 1.33 bits per heavy atom. The van der Waals surface area contributed by atoms with Crippen LogP contribution in [-0.4, -0.2) is 18.9 Å². The highest BCUT2D eigenvalue weighted by molar-refractivity contribution is 5.97. The van der Waals surface area contributed by atoms with Gasteiger partial charge in [0.05, 0.1) is 13.1 Å². The van der Waals surface area contributed by atoms with Crippen molar-refractivity contribution >= 4 is 5.78 Å². The number of carbonyl (C=O) groups excluding carboxylic acids is 1. The van der Waals surface area contributed by atoms with Crippen molar-refractivity contribution in [1.82, 2.24) is 5.32 Å². The molecule has 0 aliphatic rings. The van der Waals surface area contributed by atoms with E-state index in [0.29, 0.717) is 6.07 Å². The van der Waals surface area contributed by atoms with Crippen LogP contribution in [0.3, 0.4) is 0 Å². The minimum absolute atomic E-state index is 0.00276. The molecule has 0 saturated carbocycles. The second-order valence-corrected chi connectivity index (χ2v) is 2.89. The fourth-order valence-corrected chi connectivity index (χ4v) is 1.07. The molecule has 0 spiro atoms. The molecule has 0 aliphatic carbocycles. The van der Waals surface area contributed by atoms with Gasteiger partial charge < -0.3 is 0 Å². The van der Waals surface area contributed by atoms with E-state index in [-0.39, 0.29) is 18.7 Å². The van der Waals surface area contributed by atoms with Gasteiger partial charge in [0, 0.05) is 11.6 Å².